The summed E-state index contributed by atoms with van der Waals surface area (Å²) in [7, 11) is -1.67. The first-order valence-corrected chi connectivity index (χ1v) is 12.6. The van der Waals surface area contributed by atoms with Crippen LogP contribution in [-0.4, -0.2) is 32.5 Å². The number of benzene rings is 3. The molecule has 2 aliphatic rings. The van der Waals surface area contributed by atoms with Gasteiger partial charge in [-0.3, -0.25) is 0 Å². The Labute approximate surface area is 192 Å². The fourth-order valence-corrected chi connectivity index (χ4v) is 8.03. The Morgan fingerprint density at radius 3 is 2.32 bits per heavy atom. The third kappa shape index (κ3) is 2.92. The van der Waals surface area contributed by atoms with Gasteiger partial charge in [0.25, 0.3) is 0 Å². The lowest BCUT2D eigenvalue weighted by atomic mass is 9.71. The van der Waals surface area contributed by atoms with Crippen molar-refractivity contribution >= 4 is 31.6 Å². The fourth-order valence-electron chi connectivity index (χ4n) is 5.53. The van der Waals surface area contributed by atoms with Crippen LogP contribution in [-0.2, 0) is 15.4 Å². The number of rotatable bonds is 3. The normalized spacial score (nSPS) is 25.5. The van der Waals surface area contributed by atoms with Gasteiger partial charge in [0, 0.05) is 35.1 Å². The number of hydrogen-bond donors (Lipinski definition) is 0. The van der Waals surface area contributed by atoms with Crippen LogP contribution in [0, 0.1) is 6.92 Å². The topological polar surface area (TPSA) is 40.6 Å². The van der Waals surface area contributed by atoms with Crippen molar-refractivity contribution in [3.05, 3.63) is 94.0 Å². The van der Waals surface area contributed by atoms with E-state index in [4.69, 9.17) is 0 Å². The molecule has 2 aliphatic heterocycles. The molecule has 3 atom stereocenters. The summed E-state index contributed by atoms with van der Waals surface area (Å²) in [6.07, 6.45) is -0.308. The molecule has 0 saturated carbocycles. The maximum Gasteiger partial charge on any atom is 0.244 e. The summed E-state index contributed by atoms with van der Waals surface area (Å²) in [5.74, 6) is 0.0290. The number of fused-ring (bicyclic) bond motifs is 3. The molecule has 3 aromatic rings. The molecule has 0 N–H and O–H groups in total. The summed E-state index contributed by atoms with van der Waals surface area (Å²) < 4.78 is 30.5. The molecule has 160 valence electrons. The van der Waals surface area contributed by atoms with Gasteiger partial charge in [-0.1, -0.05) is 76.9 Å². The van der Waals surface area contributed by atoms with Gasteiger partial charge in [-0.15, -0.1) is 0 Å². The SMILES string of the molecule is Cc1ccc(S(=O)(=O)N2C[C@@H](c3ccccc3)[C@@]3(C)c4c(Br)cccc4N(C)[C@@H]23)cc1. The quantitative estimate of drug-likeness (QED) is 0.495. The largest absolute Gasteiger partial charge is 0.357 e. The van der Waals surface area contributed by atoms with Gasteiger partial charge in [-0.25, -0.2) is 8.42 Å². The van der Waals surface area contributed by atoms with Crippen molar-refractivity contribution in [2.75, 3.05) is 18.5 Å². The maximum atomic E-state index is 13.9. The van der Waals surface area contributed by atoms with Crippen LogP contribution in [0.2, 0.25) is 0 Å². The van der Waals surface area contributed by atoms with Gasteiger partial charge in [0.2, 0.25) is 10.0 Å². The Morgan fingerprint density at radius 1 is 0.968 bits per heavy atom. The molecule has 3 aromatic carbocycles. The average molecular weight is 497 g/mol. The summed E-state index contributed by atoms with van der Waals surface area (Å²) in [5, 5.41) is 0. The van der Waals surface area contributed by atoms with Crippen molar-refractivity contribution < 1.29 is 8.42 Å². The van der Waals surface area contributed by atoms with E-state index in [0.717, 1.165) is 21.3 Å². The van der Waals surface area contributed by atoms with Gasteiger partial charge in [-0.05, 0) is 42.3 Å². The molecule has 0 unspecified atom stereocenters. The van der Waals surface area contributed by atoms with Gasteiger partial charge in [0.05, 0.1) is 4.90 Å². The van der Waals surface area contributed by atoms with E-state index in [1.54, 1.807) is 16.4 Å². The molecule has 0 aromatic heterocycles. The number of hydrogen-bond acceptors (Lipinski definition) is 3. The zero-order valence-corrected chi connectivity index (χ0v) is 20.2. The fraction of sp³-hybridized carbons (Fsp3) is 0.280. The molecule has 2 heterocycles. The summed E-state index contributed by atoms with van der Waals surface area (Å²) in [4.78, 5) is 2.48. The summed E-state index contributed by atoms with van der Waals surface area (Å²) in [5.41, 5.74) is 4.06. The summed E-state index contributed by atoms with van der Waals surface area (Å²) >= 11 is 3.78. The van der Waals surface area contributed by atoms with Crippen molar-refractivity contribution in [1.82, 2.24) is 4.31 Å². The van der Waals surface area contributed by atoms with E-state index in [0.29, 0.717) is 11.4 Å². The molecular weight excluding hydrogens is 472 g/mol. The molecule has 0 spiro atoms. The first-order chi connectivity index (χ1) is 14.8. The van der Waals surface area contributed by atoms with E-state index >= 15 is 0 Å². The monoisotopic (exact) mass is 496 g/mol. The minimum absolute atomic E-state index is 0.0290. The minimum atomic E-state index is -3.68. The molecule has 1 saturated heterocycles. The zero-order chi connectivity index (χ0) is 22.0. The Balaban J connectivity index is 1.72. The number of anilines is 1. The predicted molar refractivity (Wildman–Crippen MR) is 128 cm³/mol. The lowest BCUT2D eigenvalue weighted by Crippen LogP contribution is -2.49. The molecular formula is C25H25BrN2O2S. The van der Waals surface area contributed by atoms with E-state index in [9.17, 15) is 8.42 Å². The number of halogens is 1. The number of nitrogens with zero attached hydrogens (tertiary/aromatic N) is 2. The molecule has 0 amide bonds. The van der Waals surface area contributed by atoms with Crippen LogP contribution in [0.3, 0.4) is 0 Å². The van der Waals surface area contributed by atoms with Gasteiger partial charge in [0.15, 0.2) is 0 Å². The maximum absolute atomic E-state index is 13.9. The highest BCUT2D eigenvalue weighted by Crippen LogP contribution is 2.59. The predicted octanol–water partition coefficient (Wildman–Crippen LogP) is 5.28. The standard InChI is InChI=1S/C25H25BrN2O2S/c1-17-12-14-19(15-13-17)31(29,30)28-16-20(18-8-5-4-6-9-18)25(2)23-21(26)10-7-11-22(23)27(3)24(25)28/h4-15,20,24H,16H2,1-3H3/t20-,24-,25-/m0/s1. The van der Waals surface area contributed by atoms with Gasteiger partial charge in [-0.2, -0.15) is 4.31 Å². The Hall–Kier alpha value is -2.15. The number of likely N-dealkylation sites (N-methyl/N-ethyl adjacent to an activating group) is 1. The van der Waals surface area contributed by atoms with Crippen molar-refractivity contribution in [3.63, 3.8) is 0 Å². The Kier molecular flexibility index (Phi) is 4.81. The van der Waals surface area contributed by atoms with Crippen LogP contribution in [0.1, 0.15) is 29.5 Å². The molecule has 0 aliphatic carbocycles. The second-order valence-electron chi connectivity index (χ2n) is 8.75. The van der Waals surface area contributed by atoms with Crippen molar-refractivity contribution in [2.24, 2.45) is 0 Å². The van der Waals surface area contributed by atoms with Crippen molar-refractivity contribution in [3.8, 4) is 0 Å². The molecule has 5 rings (SSSR count). The zero-order valence-electron chi connectivity index (χ0n) is 17.8. The van der Waals surface area contributed by atoms with Crippen molar-refractivity contribution in [1.29, 1.82) is 0 Å². The molecule has 4 nitrogen and oxygen atoms in total. The minimum Gasteiger partial charge on any atom is -0.357 e. The lowest BCUT2D eigenvalue weighted by molar-refractivity contribution is 0.323. The van der Waals surface area contributed by atoms with Gasteiger partial charge >= 0.3 is 0 Å². The Morgan fingerprint density at radius 2 is 1.65 bits per heavy atom. The van der Waals surface area contributed by atoms with E-state index in [1.165, 1.54) is 5.56 Å². The van der Waals surface area contributed by atoms with Crippen molar-refractivity contribution in [2.45, 2.75) is 36.2 Å². The Bertz CT molecular complexity index is 1240. The molecule has 0 bridgehead atoms. The third-order valence-electron chi connectivity index (χ3n) is 7.00. The highest BCUT2D eigenvalue weighted by atomic mass is 79.9. The van der Waals surface area contributed by atoms with Crippen LogP contribution in [0.15, 0.2) is 82.2 Å². The highest BCUT2D eigenvalue weighted by Gasteiger charge is 2.62. The first kappa shape index (κ1) is 20.7. The average Bonchev–Trinajstić information content (AvgIpc) is 3.19. The van der Waals surface area contributed by atoms with Crippen LogP contribution in [0.25, 0.3) is 0 Å². The first-order valence-electron chi connectivity index (χ1n) is 10.4. The van der Waals surface area contributed by atoms with Crippen LogP contribution in [0.5, 0.6) is 0 Å². The third-order valence-corrected chi connectivity index (χ3v) is 9.50. The van der Waals surface area contributed by atoms with E-state index < -0.39 is 15.4 Å². The number of sulfonamides is 1. The summed E-state index contributed by atoms with van der Waals surface area (Å²) in [6.45, 7) is 4.62. The van der Waals surface area contributed by atoms with E-state index in [-0.39, 0.29) is 12.1 Å². The van der Waals surface area contributed by atoms with E-state index in [1.807, 2.05) is 50.4 Å². The molecule has 6 heteroatoms. The molecule has 31 heavy (non-hydrogen) atoms. The second-order valence-corrected chi connectivity index (χ2v) is 11.5. The smallest absolute Gasteiger partial charge is 0.244 e. The second kappa shape index (κ2) is 7.19. The van der Waals surface area contributed by atoms with Crippen LogP contribution < -0.4 is 4.90 Å². The van der Waals surface area contributed by atoms with Gasteiger partial charge < -0.3 is 4.90 Å². The highest BCUT2D eigenvalue weighted by molar-refractivity contribution is 9.10. The number of aryl methyl sites for hydroxylation is 1. The van der Waals surface area contributed by atoms with E-state index in [2.05, 4.69) is 52.0 Å². The molecule has 0 radical (unpaired) electrons. The van der Waals surface area contributed by atoms with Crippen LogP contribution in [0.4, 0.5) is 5.69 Å². The summed E-state index contributed by atoms with van der Waals surface area (Å²) in [6, 6.07) is 23.6. The lowest BCUT2D eigenvalue weighted by Gasteiger charge is -2.35. The molecule has 1 fully saturated rings. The van der Waals surface area contributed by atoms with Crippen LogP contribution >= 0.6 is 15.9 Å². The van der Waals surface area contributed by atoms with Gasteiger partial charge in [0.1, 0.15) is 6.17 Å².